The van der Waals surface area contributed by atoms with Gasteiger partial charge in [-0.15, -0.1) is 0 Å². The second kappa shape index (κ2) is 11.5. The van der Waals surface area contributed by atoms with E-state index < -0.39 is 0 Å². The van der Waals surface area contributed by atoms with Gasteiger partial charge < -0.3 is 20.9 Å². The van der Waals surface area contributed by atoms with Crippen LogP contribution in [0.4, 0.5) is 11.6 Å². The molecule has 1 aliphatic carbocycles. The van der Waals surface area contributed by atoms with Crippen molar-refractivity contribution in [1.82, 2.24) is 19.9 Å². The molecular weight excluding hydrogens is 424 g/mol. The summed E-state index contributed by atoms with van der Waals surface area (Å²) in [5, 5.41) is 6.50. The van der Waals surface area contributed by atoms with Crippen LogP contribution in [0.25, 0.3) is 0 Å². The summed E-state index contributed by atoms with van der Waals surface area (Å²) in [6, 6.07) is 10.3. The molecule has 1 aromatic carbocycles. The predicted octanol–water partition coefficient (Wildman–Crippen LogP) is 4.27. The van der Waals surface area contributed by atoms with E-state index >= 15 is 0 Å². The minimum absolute atomic E-state index is 0.153. The summed E-state index contributed by atoms with van der Waals surface area (Å²) in [6.07, 6.45) is 5.25. The highest BCUT2D eigenvalue weighted by atomic mass is 16.1. The third kappa shape index (κ3) is 6.04. The van der Waals surface area contributed by atoms with E-state index in [1.807, 2.05) is 33.8 Å². The summed E-state index contributed by atoms with van der Waals surface area (Å²) in [7, 11) is 0. The van der Waals surface area contributed by atoms with Gasteiger partial charge in [0.25, 0.3) is 5.56 Å². The van der Waals surface area contributed by atoms with E-state index in [0.717, 1.165) is 34.6 Å². The van der Waals surface area contributed by atoms with E-state index in [-0.39, 0.29) is 5.56 Å². The molecular formula is C27H36N6O. The van der Waals surface area contributed by atoms with Crippen molar-refractivity contribution in [3.63, 3.8) is 0 Å². The van der Waals surface area contributed by atoms with E-state index in [1.54, 1.807) is 16.8 Å². The van der Waals surface area contributed by atoms with E-state index in [1.165, 1.54) is 24.0 Å². The van der Waals surface area contributed by atoms with Crippen molar-refractivity contribution in [2.75, 3.05) is 11.1 Å². The first-order valence-electron chi connectivity index (χ1n) is 12.0. The largest absolute Gasteiger partial charge is 0.384 e. The van der Waals surface area contributed by atoms with Crippen LogP contribution in [0, 0.1) is 13.8 Å². The van der Waals surface area contributed by atoms with Crippen molar-refractivity contribution in [2.45, 2.75) is 66.6 Å². The fourth-order valence-corrected chi connectivity index (χ4v) is 4.07. The van der Waals surface area contributed by atoms with E-state index in [9.17, 15) is 4.79 Å². The van der Waals surface area contributed by atoms with Gasteiger partial charge >= 0.3 is 0 Å². The van der Waals surface area contributed by atoms with Gasteiger partial charge in [-0.3, -0.25) is 4.79 Å². The molecule has 0 saturated carbocycles. The van der Waals surface area contributed by atoms with Gasteiger partial charge in [-0.25, -0.2) is 9.97 Å². The highest BCUT2D eigenvalue weighted by Gasteiger charge is 2.12. The van der Waals surface area contributed by atoms with Gasteiger partial charge in [0, 0.05) is 36.4 Å². The van der Waals surface area contributed by atoms with E-state index in [2.05, 4.69) is 45.4 Å². The van der Waals surface area contributed by atoms with Gasteiger partial charge in [-0.2, -0.15) is 0 Å². The second-order valence-electron chi connectivity index (χ2n) is 8.39. The van der Waals surface area contributed by atoms with Crippen molar-refractivity contribution in [3.8, 4) is 0 Å². The number of benzene rings is 1. The minimum atomic E-state index is -0.153. The molecule has 0 saturated heterocycles. The number of hydrogen-bond donors (Lipinski definition) is 3. The SMILES string of the molecule is C=C(Cn1c(C)cnc(NCc2ccc3c(c2)CCC3)c1=O)NCc1ccc(N)nc1C.CC. The average Bonchev–Trinajstić information content (AvgIpc) is 3.30. The monoisotopic (exact) mass is 460 g/mol. The summed E-state index contributed by atoms with van der Waals surface area (Å²) in [5.41, 5.74) is 13.0. The zero-order valence-corrected chi connectivity index (χ0v) is 20.7. The van der Waals surface area contributed by atoms with Crippen LogP contribution in [0.2, 0.25) is 0 Å². The molecule has 0 aliphatic heterocycles. The Morgan fingerprint density at radius 2 is 1.88 bits per heavy atom. The quantitative estimate of drug-likeness (QED) is 0.464. The maximum Gasteiger partial charge on any atom is 0.293 e. The Bertz CT molecular complexity index is 1210. The van der Waals surface area contributed by atoms with E-state index in [4.69, 9.17) is 5.73 Å². The number of pyridine rings is 1. The molecule has 0 spiro atoms. The Morgan fingerprint density at radius 1 is 1.12 bits per heavy atom. The number of anilines is 2. The van der Waals surface area contributed by atoms with Crippen molar-refractivity contribution < 1.29 is 0 Å². The molecule has 2 aromatic heterocycles. The molecule has 0 amide bonds. The first-order chi connectivity index (χ1) is 16.4. The predicted molar refractivity (Wildman–Crippen MR) is 140 cm³/mol. The fraction of sp³-hybridized carbons (Fsp3) is 0.370. The zero-order valence-electron chi connectivity index (χ0n) is 20.7. The van der Waals surface area contributed by atoms with Crippen molar-refractivity contribution in [2.24, 2.45) is 0 Å². The molecule has 180 valence electrons. The first kappa shape index (κ1) is 25.0. The number of allylic oxidation sites excluding steroid dienone is 1. The number of nitrogens with two attached hydrogens (primary N) is 1. The van der Waals surface area contributed by atoms with Crippen molar-refractivity contribution >= 4 is 11.6 Å². The maximum absolute atomic E-state index is 13.0. The van der Waals surface area contributed by atoms with Crippen LogP contribution < -0.4 is 21.9 Å². The minimum Gasteiger partial charge on any atom is -0.384 e. The molecule has 0 unspecified atom stereocenters. The Kier molecular flexibility index (Phi) is 8.46. The molecule has 0 atom stereocenters. The summed E-state index contributed by atoms with van der Waals surface area (Å²) in [5.74, 6) is 0.853. The van der Waals surface area contributed by atoms with Gasteiger partial charge in [0.1, 0.15) is 5.82 Å². The van der Waals surface area contributed by atoms with Crippen LogP contribution >= 0.6 is 0 Å². The number of nitrogens with one attached hydrogen (secondary N) is 2. The maximum atomic E-state index is 13.0. The lowest BCUT2D eigenvalue weighted by molar-refractivity contribution is 0.649. The van der Waals surface area contributed by atoms with Gasteiger partial charge in [-0.1, -0.05) is 44.7 Å². The third-order valence-corrected chi connectivity index (χ3v) is 5.97. The average molecular weight is 461 g/mol. The number of fused-ring (bicyclic) bond motifs is 1. The summed E-state index contributed by atoms with van der Waals surface area (Å²) >= 11 is 0. The van der Waals surface area contributed by atoms with Gasteiger partial charge in [0.15, 0.2) is 5.82 Å². The first-order valence-corrected chi connectivity index (χ1v) is 12.0. The molecule has 4 N–H and O–H groups in total. The molecule has 4 rings (SSSR count). The van der Waals surface area contributed by atoms with Crippen molar-refractivity contribution in [1.29, 1.82) is 0 Å². The highest BCUT2D eigenvalue weighted by molar-refractivity contribution is 5.39. The van der Waals surface area contributed by atoms with Crippen LogP contribution in [0.3, 0.4) is 0 Å². The number of rotatable bonds is 8. The molecule has 2 heterocycles. The summed E-state index contributed by atoms with van der Waals surface area (Å²) in [4.78, 5) is 21.7. The zero-order chi connectivity index (χ0) is 24.7. The number of aryl methyl sites for hydroxylation is 4. The van der Waals surface area contributed by atoms with Gasteiger partial charge in [0.05, 0.1) is 6.54 Å². The lowest BCUT2D eigenvalue weighted by Gasteiger charge is -2.16. The number of hydrogen-bond acceptors (Lipinski definition) is 6. The smallest absolute Gasteiger partial charge is 0.293 e. The molecule has 1 aliphatic rings. The van der Waals surface area contributed by atoms with Crippen LogP contribution in [-0.4, -0.2) is 14.5 Å². The van der Waals surface area contributed by atoms with Gasteiger partial charge in [0.2, 0.25) is 0 Å². The Balaban J connectivity index is 0.00000158. The molecule has 0 radical (unpaired) electrons. The lowest BCUT2D eigenvalue weighted by atomic mass is 10.1. The summed E-state index contributed by atoms with van der Waals surface area (Å²) in [6.45, 7) is 13.4. The lowest BCUT2D eigenvalue weighted by Crippen LogP contribution is -2.29. The number of aromatic nitrogens is 3. The fourth-order valence-electron chi connectivity index (χ4n) is 4.07. The van der Waals surface area contributed by atoms with Crippen LogP contribution in [-0.2, 0) is 32.5 Å². The molecule has 34 heavy (non-hydrogen) atoms. The second-order valence-corrected chi connectivity index (χ2v) is 8.39. The topological polar surface area (TPSA) is 97.9 Å². The van der Waals surface area contributed by atoms with Crippen LogP contribution in [0.5, 0.6) is 0 Å². The molecule has 7 heteroatoms. The van der Waals surface area contributed by atoms with Gasteiger partial charge in [-0.05, 0) is 61.4 Å². The number of nitrogen functional groups attached to an aromatic ring is 1. The Morgan fingerprint density at radius 3 is 2.65 bits per heavy atom. The molecule has 0 bridgehead atoms. The van der Waals surface area contributed by atoms with Crippen LogP contribution in [0.15, 0.2) is 53.6 Å². The van der Waals surface area contributed by atoms with Crippen LogP contribution in [0.1, 0.15) is 53.9 Å². The number of nitrogens with zero attached hydrogens (tertiary/aromatic N) is 3. The Hall–Kier alpha value is -3.61. The summed E-state index contributed by atoms with van der Waals surface area (Å²) < 4.78 is 1.68. The Labute approximate surface area is 202 Å². The van der Waals surface area contributed by atoms with Crippen molar-refractivity contribution in [3.05, 3.63) is 92.8 Å². The normalized spacial score (nSPS) is 11.9. The molecule has 7 nitrogen and oxygen atoms in total. The molecule has 0 fully saturated rings. The van der Waals surface area contributed by atoms with E-state index in [0.29, 0.717) is 31.3 Å². The third-order valence-electron chi connectivity index (χ3n) is 5.97. The highest BCUT2D eigenvalue weighted by Crippen LogP contribution is 2.23. The molecule has 3 aromatic rings. The standard InChI is InChI=1S/C25H30N6O.C2H6/c1-16(27-14-22-9-10-23(26)30-18(22)3)15-31-17(2)12-28-24(25(31)32)29-13-19-7-8-20-5-4-6-21(20)11-19;1-2/h7-12,27H,1,4-6,13-15H2,2-3H3,(H2,26,30)(H,28,29);1-2H3.